The third-order valence-corrected chi connectivity index (χ3v) is 6.57. The number of carbonyl (C=O) groups excluding carboxylic acids is 1. The van der Waals surface area contributed by atoms with Gasteiger partial charge in [-0.1, -0.05) is 13.8 Å². The van der Waals surface area contributed by atoms with Crippen LogP contribution in [0.4, 0.5) is 5.00 Å². The van der Waals surface area contributed by atoms with Crippen molar-refractivity contribution in [2.75, 3.05) is 25.5 Å². The Kier molecular flexibility index (Phi) is 9.67. The van der Waals surface area contributed by atoms with Crippen molar-refractivity contribution in [1.29, 1.82) is 0 Å². The summed E-state index contributed by atoms with van der Waals surface area (Å²) in [6.07, 6.45) is 4.79. The highest BCUT2D eigenvalue weighted by atomic mass is 32.1. The molecule has 1 aromatic carbocycles. The Morgan fingerprint density at radius 2 is 1.62 bits per heavy atom. The fourth-order valence-electron chi connectivity index (χ4n) is 3.49. The van der Waals surface area contributed by atoms with Gasteiger partial charge in [0, 0.05) is 22.5 Å². The molecule has 0 spiro atoms. The fourth-order valence-corrected chi connectivity index (χ4v) is 4.78. The highest BCUT2D eigenvalue weighted by molar-refractivity contribution is 7.16. The molecule has 9 heteroatoms. The summed E-state index contributed by atoms with van der Waals surface area (Å²) in [4.78, 5) is 34.8. The number of carboxylic acid groups (broad SMARTS) is 2. The molecule has 0 bridgehead atoms. The standard InChI is InChI=1S/C21H28N2O2S.C2H2O4/c1-4-23(5-2)14-18-17-8-6-7-9-19(17)26-21(18)22-20(24)15-10-12-16(25-3)13-11-15;3-1(4)2(5)6/h10-13H,4-9,14H2,1-3H3,(H,22,24);(H,3,4)(H,5,6). The lowest BCUT2D eigenvalue weighted by Gasteiger charge is -2.21. The highest BCUT2D eigenvalue weighted by Gasteiger charge is 2.23. The van der Waals surface area contributed by atoms with Gasteiger partial charge in [-0.05, 0) is 68.6 Å². The lowest BCUT2D eigenvalue weighted by atomic mass is 9.95. The first-order chi connectivity index (χ1) is 15.3. The number of nitrogens with zero attached hydrogens (tertiary/aromatic N) is 1. The highest BCUT2D eigenvalue weighted by Crippen LogP contribution is 2.39. The number of amides is 1. The molecule has 0 aliphatic heterocycles. The van der Waals surface area contributed by atoms with Crippen LogP contribution in [-0.2, 0) is 29.0 Å². The van der Waals surface area contributed by atoms with Crippen LogP contribution in [0.25, 0.3) is 0 Å². The van der Waals surface area contributed by atoms with Gasteiger partial charge in [-0.3, -0.25) is 9.69 Å². The number of benzene rings is 1. The number of ether oxygens (including phenoxy) is 1. The van der Waals surface area contributed by atoms with E-state index in [9.17, 15) is 4.79 Å². The number of thiophene rings is 1. The van der Waals surface area contributed by atoms with Crippen molar-refractivity contribution in [3.8, 4) is 5.75 Å². The van der Waals surface area contributed by atoms with Crippen molar-refractivity contribution in [3.05, 3.63) is 45.8 Å². The second-order valence-electron chi connectivity index (χ2n) is 7.27. The van der Waals surface area contributed by atoms with Gasteiger partial charge in [0.15, 0.2) is 0 Å². The lowest BCUT2D eigenvalue weighted by molar-refractivity contribution is -0.159. The molecule has 0 radical (unpaired) electrons. The van der Waals surface area contributed by atoms with Crippen LogP contribution >= 0.6 is 11.3 Å². The maximum absolute atomic E-state index is 12.7. The molecule has 0 unspecified atom stereocenters. The van der Waals surface area contributed by atoms with Crippen LogP contribution in [0.1, 0.15) is 53.1 Å². The molecule has 3 N–H and O–H groups in total. The van der Waals surface area contributed by atoms with Crippen molar-refractivity contribution < 1.29 is 29.3 Å². The Labute approximate surface area is 191 Å². The predicted molar refractivity (Wildman–Crippen MR) is 124 cm³/mol. The minimum absolute atomic E-state index is 0.0490. The summed E-state index contributed by atoms with van der Waals surface area (Å²) in [7, 11) is 1.63. The van der Waals surface area contributed by atoms with Crippen LogP contribution in [0, 0.1) is 0 Å². The fraction of sp³-hybridized carbons (Fsp3) is 0.435. The molecule has 0 saturated carbocycles. The third kappa shape index (κ3) is 6.80. The number of anilines is 1. The van der Waals surface area contributed by atoms with E-state index in [4.69, 9.17) is 24.5 Å². The van der Waals surface area contributed by atoms with E-state index in [-0.39, 0.29) is 5.91 Å². The van der Waals surface area contributed by atoms with Crippen LogP contribution in [0.15, 0.2) is 24.3 Å². The van der Waals surface area contributed by atoms with Gasteiger partial charge in [0.1, 0.15) is 10.8 Å². The molecule has 3 rings (SSSR count). The minimum Gasteiger partial charge on any atom is -0.497 e. The Morgan fingerprint density at radius 1 is 1.03 bits per heavy atom. The zero-order valence-electron chi connectivity index (χ0n) is 18.6. The SMILES string of the molecule is CCN(CC)Cc1c(NC(=O)c2ccc(OC)cc2)sc2c1CCCC2.O=C(O)C(=O)O. The van der Waals surface area contributed by atoms with Gasteiger partial charge in [-0.2, -0.15) is 0 Å². The molecule has 1 aliphatic rings. The Balaban J connectivity index is 0.000000534. The van der Waals surface area contributed by atoms with E-state index in [2.05, 4.69) is 24.1 Å². The lowest BCUT2D eigenvalue weighted by Crippen LogP contribution is -2.24. The normalized spacial score (nSPS) is 12.4. The smallest absolute Gasteiger partial charge is 0.414 e. The molecular formula is C23H30N2O6S. The van der Waals surface area contributed by atoms with E-state index in [1.807, 2.05) is 24.3 Å². The molecule has 1 heterocycles. The Morgan fingerprint density at radius 3 is 2.16 bits per heavy atom. The molecular weight excluding hydrogens is 432 g/mol. The number of nitrogens with one attached hydrogen (secondary N) is 1. The van der Waals surface area contributed by atoms with E-state index in [1.165, 1.54) is 28.8 Å². The van der Waals surface area contributed by atoms with Crippen LogP contribution < -0.4 is 10.1 Å². The second-order valence-corrected chi connectivity index (χ2v) is 8.38. The van der Waals surface area contributed by atoms with Gasteiger partial charge < -0.3 is 20.3 Å². The van der Waals surface area contributed by atoms with Crippen molar-refractivity contribution in [2.24, 2.45) is 0 Å². The van der Waals surface area contributed by atoms with Gasteiger partial charge in [0.25, 0.3) is 5.91 Å². The Bertz CT molecular complexity index is 923. The van der Waals surface area contributed by atoms with Gasteiger partial charge in [0.05, 0.1) is 7.11 Å². The molecule has 8 nitrogen and oxygen atoms in total. The summed E-state index contributed by atoms with van der Waals surface area (Å²) in [6, 6.07) is 7.27. The van der Waals surface area contributed by atoms with Crippen molar-refractivity contribution in [2.45, 2.75) is 46.1 Å². The maximum Gasteiger partial charge on any atom is 0.414 e. The van der Waals surface area contributed by atoms with Gasteiger partial charge >= 0.3 is 11.9 Å². The average Bonchev–Trinajstić information content (AvgIpc) is 3.14. The number of aliphatic carboxylic acids is 2. The van der Waals surface area contributed by atoms with Gasteiger partial charge in [-0.25, -0.2) is 9.59 Å². The van der Waals surface area contributed by atoms with Gasteiger partial charge in [0.2, 0.25) is 0 Å². The zero-order valence-corrected chi connectivity index (χ0v) is 19.5. The van der Waals surface area contributed by atoms with E-state index < -0.39 is 11.9 Å². The molecule has 0 saturated heterocycles. The molecule has 1 amide bonds. The number of rotatable bonds is 7. The number of hydrogen-bond donors (Lipinski definition) is 3. The van der Waals surface area contributed by atoms with Crippen LogP contribution in [0.3, 0.4) is 0 Å². The minimum atomic E-state index is -1.82. The van der Waals surface area contributed by atoms with E-state index >= 15 is 0 Å². The molecule has 0 fully saturated rings. The number of carbonyl (C=O) groups is 3. The monoisotopic (exact) mass is 462 g/mol. The van der Waals surface area contributed by atoms with Crippen molar-refractivity contribution >= 4 is 34.2 Å². The summed E-state index contributed by atoms with van der Waals surface area (Å²) >= 11 is 1.77. The van der Waals surface area contributed by atoms with E-state index in [0.29, 0.717) is 5.56 Å². The van der Waals surface area contributed by atoms with Gasteiger partial charge in [-0.15, -0.1) is 11.3 Å². The predicted octanol–water partition coefficient (Wildman–Crippen LogP) is 3.89. The van der Waals surface area contributed by atoms with Crippen LogP contribution in [-0.4, -0.2) is 53.2 Å². The van der Waals surface area contributed by atoms with Crippen molar-refractivity contribution in [1.82, 2.24) is 4.90 Å². The Hall–Kier alpha value is -2.91. The quantitative estimate of drug-likeness (QED) is 0.535. The van der Waals surface area contributed by atoms with Crippen LogP contribution in [0.5, 0.6) is 5.75 Å². The number of aryl methyl sites for hydroxylation is 1. The molecule has 32 heavy (non-hydrogen) atoms. The second kappa shape index (κ2) is 12.2. The topological polar surface area (TPSA) is 116 Å². The summed E-state index contributed by atoms with van der Waals surface area (Å²) < 4.78 is 5.17. The summed E-state index contributed by atoms with van der Waals surface area (Å²) in [6.45, 7) is 7.34. The molecule has 2 aromatic rings. The first kappa shape index (κ1) is 25.4. The molecule has 174 valence electrons. The maximum atomic E-state index is 12.7. The first-order valence-electron chi connectivity index (χ1n) is 10.6. The summed E-state index contributed by atoms with van der Waals surface area (Å²) in [5.74, 6) is -2.94. The van der Waals surface area contributed by atoms with E-state index in [0.717, 1.165) is 43.2 Å². The van der Waals surface area contributed by atoms with E-state index in [1.54, 1.807) is 18.4 Å². The third-order valence-electron chi connectivity index (χ3n) is 5.32. The molecule has 1 aliphatic carbocycles. The summed E-state index contributed by atoms with van der Waals surface area (Å²) in [5.41, 5.74) is 3.47. The molecule has 1 aromatic heterocycles. The van der Waals surface area contributed by atoms with Crippen LogP contribution in [0.2, 0.25) is 0 Å². The summed E-state index contributed by atoms with van der Waals surface area (Å²) in [5, 5.41) is 19.0. The number of carboxylic acids is 2. The number of methoxy groups -OCH3 is 1. The number of hydrogen-bond acceptors (Lipinski definition) is 6. The largest absolute Gasteiger partial charge is 0.497 e. The number of fused-ring (bicyclic) bond motifs is 1. The zero-order chi connectivity index (χ0) is 23.7. The first-order valence-corrected chi connectivity index (χ1v) is 11.4. The molecule has 0 atom stereocenters. The average molecular weight is 463 g/mol. The van der Waals surface area contributed by atoms with Crippen molar-refractivity contribution in [3.63, 3.8) is 0 Å².